The third-order valence-electron chi connectivity index (χ3n) is 7.57. The van der Waals surface area contributed by atoms with E-state index in [-0.39, 0.29) is 42.5 Å². The summed E-state index contributed by atoms with van der Waals surface area (Å²) in [7, 11) is 0. The third kappa shape index (κ3) is 8.37. The molecule has 0 saturated carbocycles. The number of allylic oxidation sites excluding steroid dienone is 3. The lowest BCUT2D eigenvalue weighted by atomic mass is 9.93. The molecule has 0 unspecified atom stereocenters. The van der Waals surface area contributed by atoms with Gasteiger partial charge in [0.15, 0.2) is 11.7 Å². The highest BCUT2D eigenvalue weighted by Gasteiger charge is 2.51. The lowest BCUT2D eigenvalue weighted by Gasteiger charge is -2.25. The maximum atomic E-state index is 12.6. The molecule has 0 aliphatic carbocycles. The smallest absolute Gasteiger partial charge is 0.309 e. The zero-order valence-electron chi connectivity index (χ0n) is 23.4. The van der Waals surface area contributed by atoms with Crippen molar-refractivity contribution in [3.63, 3.8) is 0 Å². The largest absolute Gasteiger partial charge is 0.457 e. The van der Waals surface area contributed by atoms with E-state index in [1.165, 1.54) is 13.0 Å². The number of epoxide rings is 2. The second kappa shape index (κ2) is 13.2. The van der Waals surface area contributed by atoms with Gasteiger partial charge in [-0.25, -0.2) is 0 Å². The Balaban J connectivity index is 1.68. The van der Waals surface area contributed by atoms with Gasteiger partial charge in [0.1, 0.15) is 6.10 Å². The van der Waals surface area contributed by atoms with Crippen LogP contribution in [-0.4, -0.2) is 71.0 Å². The minimum absolute atomic E-state index is 0.113. The van der Waals surface area contributed by atoms with Gasteiger partial charge in [0.2, 0.25) is 0 Å². The first-order valence-corrected chi connectivity index (χ1v) is 13.7. The summed E-state index contributed by atoms with van der Waals surface area (Å²) in [5.74, 6) is -0.745. The summed E-state index contributed by atoms with van der Waals surface area (Å²) < 4.78 is 22.7. The molecular weight excluding hydrogens is 488 g/mol. The van der Waals surface area contributed by atoms with Crippen molar-refractivity contribution in [2.45, 2.75) is 103 Å². The van der Waals surface area contributed by atoms with E-state index in [9.17, 15) is 19.8 Å². The van der Waals surface area contributed by atoms with Crippen LogP contribution in [0.3, 0.4) is 0 Å². The molecule has 0 aromatic heterocycles. The first kappa shape index (κ1) is 30.3. The van der Waals surface area contributed by atoms with Crippen LogP contribution in [0.2, 0.25) is 0 Å². The van der Waals surface area contributed by atoms with Crippen LogP contribution in [0, 0.1) is 17.8 Å². The van der Waals surface area contributed by atoms with E-state index >= 15 is 0 Å². The molecule has 2 N–H and O–H groups in total. The first-order chi connectivity index (χ1) is 18.0. The van der Waals surface area contributed by atoms with Crippen molar-refractivity contribution in [1.29, 1.82) is 0 Å². The molecule has 2 fully saturated rings. The van der Waals surface area contributed by atoms with Gasteiger partial charge < -0.3 is 29.2 Å². The van der Waals surface area contributed by atoms with Gasteiger partial charge in [-0.15, -0.1) is 0 Å². The summed E-state index contributed by atoms with van der Waals surface area (Å²) in [5.41, 5.74) is 0.0183. The van der Waals surface area contributed by atoms with Gasteiger partial charge >= 0.3 is 11.9 Å². The van der Waals surface area contributed by atoms with E-state index in [2.05, 4.69) is 13.0 Å². The molecule has 10 atom stereocenters. The molecule has 3 heterocycles. The quantitative estimate of drug-likeness (QED) is 0.199. The fourth-order valence-corrected chi connectivity index (χ4v) is 4.95. The summed E-state index contributed by atoms with van der Waals surface area (Å²) in [6.07, 6.45) is 11.9. The Labute approximate surface area is 226 Å². The van der Waals surface area contributed by atoms with Crippen molar-refractivity contribution < 1.29 is 38.7 Å². The summed E-state index contributed by atoms with van der Waals surface area (Å²) in [4.78, 5) is 24.3. The van der Waals surface area contributed by atoms with Crippen LogP contribution in [0.25, 0.3) is 0 Å². The number of aliphatic hydroxyl groups excluding tert-OH is 2. The fraction of sp³-hybridized carbons (Fsp3) is 0.667. The molecule has 1 spiro atoms. The minimum Gasteiger partial charge on any atom is -0.457 e. The number of rotatable bonds is 9. The molecule has 3 rings (SSSR count). The molecule has 0 aromatic rings. The van der Waals surface area contributed by atoms with Gasteiger partial charge in [-0.2, -0.15) is 0 Å². The van der Waals surface area contributed by atoms with Gasteiger partial charge in [-0.05, 0) is 43.4 Å². The van der Waals surface area contributed by atoms with E-state index in [1.807, 2.05) is 45.9 Å². The Morgan fingerprint density at radius 1 is 1.26 bits per heavy atom. The molecule has 3 aliphatic rings. The molecule has 8 heteroatoms. The average Bonchev–Trinajstić information content (AvgIpc) is 3.78. The predicted molar refractivity (Wildman–Crippen MR) is 143 cm³/mol. The second-order valence-electron chi connectivity index (χ2n) is 11.0. The van der Waals surface area contributed by atoms with Crippen molar-refractivity contribution in [1.82, 2.24) is 0 Å². The summed E-state index contributed by atoms with van der Waals surface area (Å²) >= 11 is 0. The van der Waals surface area contributed by atoms with Crippen LogP contribution < -0.4 is 0 Å². The number of esters is 2. The van der Waals surface area contributed by atoms with Crippen LogP contribution in [0.1, 0.15) is 60.8 Å². The third-order valence-corrected chi connectivity index (χ3v) is 7.57. The number of cyclic esters (lactones) is 1. The number of aliphatic hydroxyl groups is 2. The Bertz CT molecular complexity index is 946. The Kier molecular flexibility index (Phi) is 10.5. The highest BCUT2D eigenvalue weighted by atomic mass is 16.6. The monoisotopic (exact) mass is 532 g/mol. The van der Waals surface area contributed by atoms with Gasteiger partial charge in [-0.1, -0.05) is 58.1 Å². The second-order valence-corrected chi connectivity index (χ2v) is 11.0. The highest BCUT2D eigenvalue weighted by molar-refractivity contribution is 5.71. The summed E-state index contributed by atoms with van der Waals surface area (Å²) in [5, 5.41) is 20.4. The maximum absolute atomic E-state index is 12.6. The van der Waals surface area contributed by atoms with Crippen LogP contribution in [0.4, 0.5) is 0 Å². The van der Waals surface area contributed by atoms with E-state index in [0.29, 0.717) is 6.61 Å². The Morgan fingerprint density at radius 2 is 1.97 bits per heavy atom. The molecule has 38 heavy (non-hydrogen) atoms. The van der Waals surface area contributed by atoms with Crippen LogP contribution >= 0.6 is 0 Å². The number of ether oxygens (including phenoxy) is 4. The Morgan fingerprint density at radius 3 is 2.61 bits per heavy atom. The average molecular weight is 533 g/mol. The molecule has 2 saturated heterocycles. The zero-order chi connectivity index (χ0) is 28.0. The minimum atomic E-state index is -1.04. The summed E-state index contributed by atoms with van der Waals surface area (Å²) in [6.45, 7) is 11.7. The standard InChI is InChI=1S/C30H44O8/c1-7-24(33)21(5)29-25(37-29)15-18(2)9-8-10-19(3)28-20(4)11-12-26(36-22(6)31)30(17-35-30)14-13-23(32)16-27(34)38-28/h8-14,18,20-21,23-26,28-29,32-33H,7,15-17H2,1-6H3/b9-8+,12-11+,14-13+,19-10+/t18-,20+,21+,23+,24-,25+,26+,28-,29+,30-/m0/s1. The van der Waals surface area contributed by atoms with E-state index < -0.39 is 35.9 Å². The molecule has 8 nitrogen and oxygen atoms in total. The lowest BCUT2D eigenvalue weighted by Crippen LogP contribution is -2.33. The first-order valence-electron chi connectivity index (χ1n) is 13.7. The zero-order valence-corrected chi connectivity index (χ0v) is 23.4. The molecule has 212 valence electrons. The maximum Gasteiger partial charge on any atom is 0.309 e. The molecule has 0 amide bonds. The predicted octanol–water partition coefficient (Wildman–Crippen LogP) is 3.82. The molecule has 3 aliphatic heterocycles. The normalized spacial score (nSPS) is 37.9. The van der Waals surface area contributed by atoms with Crippen LogP contribution in [0.5, 0.6) is 0 Å². The van der Waals surface area contributed by atoms with Gasteiger partial charge in [-0.3, -0.25) is 9.59 Å². The number of carbonyl (C=O) groups is 2. The van der Waals surface area contributed by atoms with E-state index in [1.54, 1.807) is 12.2 Å². The van der Waals surface area contributed by atoms with Gasteiger partial charge in [0.25, 0.3) is 0 Å². The molecular formula is C30H44O8. The summed E-state index contributed by atoms with van der Waals surface area (Å²) in [6, 6.07) is 0. The highest BCUT2D eigenvalue weighted by Crippen LogP contribution is 2.37. The van der Waals surface area contributed by atoms with Crippen molar-refractivity contribution >= 4 is 11.9 Å². The van der Waals surface area contributed by atoms with Gasteiger partial charge in [0, 0.05) is 18.8 Å². The van der Waals surface area contributed by atoms with Crippen LogP contribution in [-0.2, 0) is 28.5 Å². The van der Waals surface area contributed by atoms with Gasteiger partial charge in [0.05, 0.1) is 37.4 Å². The topological polar surface area (TPSA) is 118 Å². The molecule has 0 aromatic carbocycles. The number of hydrogen-bond acceptors (Lipinski definition) is 8. The van der Waals surface area contributed by atoms with Crippen molar-refractivity contribution in [3.05, 3.63) is 48.1 Å². The lowest BCUT2D eigenvalue weighted by molar-refractivity contribution is -0.150. The van der Waals surface area contributed by atoms with E-state index in [0.717, 1.165) is 18.4 Å². The molecule has 0 bridgehead atoms. The fourth-order valence-electron chi connectivity index (χ4n) is 4.95. The van der Waals surface area contributed by atoms with Crippen LogP contribution in [0.15, 0.2) is 48.1 Å². The number of carbonyl (C=O) groups excluding carboxylic acids is 2. The van der Waals surface area contributed by atoms with E-state index in [4.69, 9.17) is 18.9 Å². The molecule has 0 radical (unpaired) electrons. The van der Waals surface area contributed by atoms with Crippen molar-refractivity contribution in [3.8, 4) is 0 Å². The van der Waals surface area contributed by atoms with Crippen molar-refractivity contribution in [2.24, 2.45) is 17.8 Å². The number of hydrogen-bond donors (Lipinski definition) is 2. The Hall–Kier alpha value is -2.26. The SMILES string of the molecule is CC[C@H](O)[C@@H](C)[C@H]1O[C@@H]1C[C@@H](C)/C=C/C=C(\C)[C@@H]1OC(=O)C[C@H](O)/C=C/[C@]2(CO2)[C@H](OC(C)=O)/C=C/[C@H]1C. The van der Waals surface area contributed by atoms with Crippen molar-refractivity contribution in [2.75, 3.05) is 6.61 Å².